The van der Waals surface area contributed by atoms with Crippen LogP contribution in [0.15, 0.2) is 39.5 Å². The molecule has 0 atom stereocenters. The van der Waals surface area contributed by atoms with Gasteiger partial charge in [0.1, 0.15) is 11.1 Å². The van der Waals surface area contributed by atoms with E-state index in [1.54, 1.807) is 18.2 Å². The van der Waals surface area contributed by atoms with Gasteiger partial charge in [-0.2, -0.15) is 5.10 Å². The van der Waals surface area contributed by atoms with Crippen molar-refractivity contribution in [3.8, 4) is 0 Å². The van der Waals surface area contributed by atoms with Crippen molar-refractivity contribution in [3.05, 3.63) is 57.6 Å². The predicted molar refractivity (Wildman–Crippen MR) is 78.5 cm³/mol. The Bertz CT molecular complexity index is 893. The van der Waals surface area contributed by atoms with Crippen molar-refractivity contribution in [1.82, 2.24) is 10.2 Å². The van der Waals surface area contributed by atoms with Crippen LogP contribution >= 0.6 is 0 Å². The second-order valence-corrected chi connectivity index (χ2v) is 4.76. The number of benzene rings is 1. The van der Waals surface area contributed by atoms with Gasteiger partial charge in [0.25, 0.3) is 5.91 Å². The van der Waals surface area contributed by atoms with Crippen molar-refractivity contribution >= 4 is 22.7 Å². The van der Waals surface area contributed by atoms with Crippen LogP contribution in [0.2, 0.25) is 0 Å². The Morgan fingerprint density at radius 1 is 1.29 bits per heavy atom. The lowest BCUT2D eigenvalue weighted by Gasteiger charge is -2.03. The molecule has 0 aliphatic carbocycles. The van der Waals surface area contributed by atoms with E-state index in [0.29, 0.717) is 16.8 Å². The van der Waals surface area contributed by atoms with Crippen LogP contribution in [0.25, 0.3) is 11.0 Å². The molecule has 0 spiro atoms. The van der Waals surface area contributed by atoms with E-state index in [1.165, 1.54) is 6.07 Å². The number of carbonyl (C=O) groups is 1. The molecule has 0 saturated carbocycles. The first kappa shape index (κ1) is 13.1. The van der Waals surface area contributed by atoms with Crippen LogP contribution in [0.5, 0.6) is 0 Å². The zero-order valence-electron chi connectivity index (χ0n) is 11.6. The van der Waals surface area contributed by atoms with Gasteiger partial charge in [0, 0.05) is 16.6 Å². The molecule has 6 heteroatoms. The average molecular weight is 283 g/mol. The van der Waals surface area contributed by atoms with E-state index in [1.807, 2.05) is 19.9 Å². The van der Waals surface area contributed by atoms with Crippen LogP contribution in [0, 0.1) is 13.8 Å². The van der Waals surface area contributed by atoms with E-state index in [0.717, 1.165) is 11.3 Å². The highest BCUT2D eigenvalue weighted by molar-refractivity contribution is 6.05. The highest BCUT2D eigenvalue weighted by Crippen LogP contribution is 2.16. The monoisotopic (exact) mass is 283 g/mol. The molecule has 1 amide bonds. The Morgan fingerprint density at radius 3 is 2.76 bits per heavy atom. The first-order valence-electron chi connectivity index (χ1n) is 6.42. The number of carbonyl (C=O) groups excluding carboxylic acids is 1. The Kier molecular flexibility index (Phi) is 3.06. The SMILES string of the molecule is Cc1[nH]nc(NC(=O)c2cc3ccccc3oc2=O)c1C. The molecular weight excluding hydrogens is 270 g/mol. The molecule has 106 valence electrons. The number of amides is 1. The summed E-state index contributed by atoms with van der Waals surface area (Å²) in [5.41, 5.74) is 1.42. The van der Waals surface area contributed by atoms with Gasteiger partial charge >= 0.3 is 5.63 Å². The summed E-state index contributed by atoms with van der Waals surface area (Å²) in [5, 5.41) is 10.1. The van der Waals surface area contributed by atoms with Gasteiger partial charge in [0.05, 0.1) is 0 Å². The van der Waals surface area contributed by atoms with E-state index in [-0.39, 0.29) is 5.56 Å². The van der Waals surface area contributed by atoms with Crippen LogP contribution in [0.1, 0.15) is 21.6 Å². The molecule has 6 nitrogen and oxygen atoms in total. The second-order valence-electron chi connectivity index (χ2n) is 4.76. The summed E-state index contributed by atoms with van der Waals surface area (Å²) >= 11 is 0. The molecule has 0 aliphatic rings. The molecule has 0 radical (unpaired) electrons. The molecule has 0 bridgehead atoms. The fraction of sp³-hybridized carbons (Fsp3) is 0.133. The number of aromatic nitrogens is 2. The zero-order chi connectivity index (χ0) is 15.0. The van der Waals surface area contributed by atoms with Crippen molar-refractivity contribution in [2.45, 2.75) is 13.8 Å². The summed E-state index contributed by atoms with van der Waals surface area (Å²) in [7, 11) is 0. The quantitative estimate of drug-likeness (QED) is 0.707. The highest BCUT2D eigenvalue weighted by atomic mass is 16.4. The molecule has 2 aromatic heterocycles. The molecule has 3 rings (SSSR count). The zero-order valence-corrected chi connectivity index (χ0v) is 11.6. The second kappa shape index (κ2) is 4.90. The molecule has 1 aromatic carbocycles. The maximum Gasteiger partial charge on any atom is 0.349 e. The van der Waals surface area contributed by atoms with Gasteiger partial charge in [-0.1, -0.05) is 18.2 Å². The number of H-pyrrole nitrogens is 1. The summed E-state index contributed by atoms with van der Waals surface area (Å²) in [6, 6.07) is 8.55. The Balaban J connectivity index is 2.00. The third-order valence-electron chi connectivity index (χ3n) is 3.37. The van der Waals surface area contributed by atoms with Crippen LogP contribution in [0.4, 0.5) is 5.82 Å². The molecule has 3 aromatic rings. The number of rotatable bonds is 2. The largest absolute Gasteiger partial charge is 0.422 e. The fourth-order valence-corrected chi connectivity index (χ4v) is 2.00. The number of aromatic amines is 1. The number of nitrogens with one attached hydrogen (secondary N) is 2. The van der Waals surface area contributed by atoms with Crippen molar-refractivity contribution in [2.24, 2.45) is 0 Å². The number of para-hydroxylation sites is 1. The number of anilines is 1. The minimum absolute atomic E-state index is 0.0475. The first-order valence-corrected chi connectivity index (χ1v) is 6.42. The van der Waals surface area contributed by atoms with Crippen molar-refractivity contribution in [1.29, 1.82) is 0 Å². The Hall–Kier alpha value is -2.89. The maximum absolute atomic E-state index is 12.2. The van der Waals surface area contributed by atoms with Crippen molar-refractivity contribution < 1.29 is 9.21 Å². The Labute approximate surface area is 119 Å². The standard InChI is InChI=1S/C15H13N3O3/c1-8-9(2)17-18-13(8)16-14(19)11-7-10-5-3-4-6-12(10)21-15(11)20/h3-7H,1-2H3,(H2,16,17,18,19). The molecule has 2 heterocycles. The summed E-state index contributed by atoms with van der Waals surface area (Å²) in [6.45, 7) is 3.68. The number of aryl methyl sites for hydroxylation is 1. The van der Waals surface area contributed by atoms with Gasteiger partial charge < -0.3 is 9.73 Å². The molecule has 0 saturated heterocycles. The van der Waals surface area contributed by atoms with Gasteiger partial charge in [-0.25, -0.2) is 4.79 Å². The lowest BCUT2D eigenvalue weighted by atomic mass is 10.2. The summed E-state index contributed by atoms with van der Waals surface area (Å²) < 4.78 is 5.14. The lowest BCUT2D eigenvalue weighted by molar-refractivity contribution is 0.102. The highest BCUT2D eigenvalue weighted by Gasteiger charge is 2.16. The molecule has 0 unspecified atom stereocenters. The predicted octanol–water partition coefficient (Wildman–Crippen LogP) is 2.39. The number of nitrogens with zero attached hydrogens (tertiary/aromatic N) is 1. The fourth-order valence-electron chi connectivity index (χ4n) is 2.00. The summed E-state index contributed by atoms with van der Waals surface area (Å²) in [4.78, 5) is 24.1. The maximum atomic E-state index is 12.2. The van der Waals surface area contributed by atoms with Gasteiger partial charge in [-0.3, -0.25) is 9.89 Å². The van der Waals surface area contributed by atoms with Crippen molar-refractivity contribution in [2.75, 3.05) is 5.32 Å². The van der Waals surface area contributed by atoms with Crippen LogP contribution in [-0.2, 0) is 0 Å². The third-order valence-corrected chi connectivity index (χ3v) is 3.37. The molecular formula is C15H13N3O3. The molecule has 0 fully saturated rings. The van der Waals surface area contributed by atoms with E-state index in [9.17, 15) is 9.59 Å². The summed E-state index contributed by atoms with van der Waals surface area (Å²) in [6.07, 6.45) is 0. The normalized spacial score (nSPS) is 10.8. The third kappa shape index (κ3) is 2.31. The van der Waals surface area contributed by atoms with E-state index in [2.05, 4.69) is 15.5 Å². The van der Waals surface area contributed by atoms with E-state index < -0.39 is 11.5 Å². The minimum Gasteiger partial charge on any atom is -0.422 e. The lowest BCUT2D eigenvalue weighted by Crippen LogP contribution is -2.21. The molecule has 2 N–H and O–H groups in total. The number of hydrogen-bond acceptors (Lipinski definition) is 4. The smallest absolute Gasteiger partial charge is 0.349 e. The molecule has 21 heavy (non-hydrogen) atoms. The number of hydrogen-bond donors (Lipinski definition) is 2. The van der Waals surface area contributed by atoms with Gasteiger partial charge in [-0.05, 0) is 26.0 Å². The van der Waals surface area contributed by atoms with Crippen LogP contribution < -0.4 is 10.9 Å². The van der Waals surface area contributed by atoms with E-state index in [4.69, 9.17) is 4.42 Å². The van der Waals surface area contributed by atoms with Gasteiger partial charge in [0.15, 0.2) is 5.82 Å². The van der Waals surface area contributed by atoms with Gasteiger partial charge in [0.2, 0.25) is 0 Å². The van der Waals surface area contributed by atoms with Crippen LogP contribution in [0.3, 0.4) is 0 Å². The summed E-state index contributed by atoms with van der Waals surface area (Å²) in [5.74, 6) is -0.130. The van der Waals surface area contributed by atoms with Crippen molar-refractivity contribution in [3.63, 3.8) is 0 Å². The van der Waals surface area contributed by atoms with Gasteiger partial charge in [-0.15, -0.1) is 0 Å². The number of fused-ring (bicyclic) bond motifs is 1. The first-order chi connectivity index (χ1) is 10.1. The topological polar surface area (TPSA) is 88.0 Å². The minimum atomic E-state index is -0.670. The van der Waals surface area contributed by atoms with Crippen LogP contribution in [-0.4, -0.2) is 16.1 Å². The average Bonchev–Trinajstić information content (AvgIpc) is 2.78. The Morgan fingerprint density at radius 2 is 2.05 bits per heavy atom. The van der Waals surface area contributed by atoms with E-state index >= 15 is 0 Å². The molecule has 0 aliphatic heterocycles.